The number of nitro benzene ring substituents is 1. The average Bonchev–Trinajstić information content (AvgIpc) is 2.42. The Hall–Kier alpha value is -1.95. The van der Waals surface area contributed by atoms with Crippen molar-refractivity contribution in [3.63, 3.8) is 0 Å². The summed E-state index contributed by atoms with van der Waals surface area (Å²) in [6, 6.07) is 6.51. The Bertz CT molecular complexity index is 518. The van der Waals surface area contributed by atoms with Gasteiger partial charge in [0, 0.05) is 30.8 Å². The predicted octanol–water partition coefficient (Wildman–Crippen LogP) is 1.33. The SMILES string of the molecule is CC1CN(C(=O)Cc2ccccc2[N+](=O)[O-])CCC1N. The Morgan fingerprint density at radius 3 is 2.85 bits per heavy atom. The zero-order chi connectivity index (χ0) is 14.7. The molecule has 1 amide bonds. The van der Waals surface area contributed by atoms with Crippen molar-refractivity contribution in [3.8, 4) is 0 Å². The first kappa shape index (κ1) is 14.5. The molecule has 1 saturated heterocycles. The molecule has 1 aromatic carbocycles. The summed E-state index contributed by atoms with van der Waals surface area (Å²) < 4.78 is 0. The molecule has 0 radical (unpaired) electrons. The number of amides is 1. The standard InChI is InChI=1S/C14H19N3O3/c1-10-9-16(7-6-12(10)15)14(18)8-11-4-2-3-5-13(11)17(19)20/h2-5,10,12H,6-9,15H2,1H3. The number of nitro groups is 1. The number of likely N-dealkylation sites (tertiary alicyclic amines) is 1. The van der Waals surface area contributed by atoms with Crippen LogP contribution >= 0.6 is 0 Å². The molecule has 0 aliphatic carbocycles. The molecular formula is C14H19N3O3. The summed E-state index contributed by atoms with van der Waals surface area (Å²) in [6.07, 6.45) is 0.850. The first-order valence-corrected chi connectivity index (χ1v) is 6.74. The van der Waals surface area contributed by atoms with Crippen LogP contribution in [0.4, 0.5) is 5.69 Å². The number of hydrogen-bond donors (Lipinski definition) is 1. The molecule has 1 aromatic rings. The summed E-state index contributed by atoms with van der Waals surface area (Å²) in [4.78, 5) is 24.5. The van der Waals surface area contributed by atoms with E-state index in [4.69, 9.17) is 5.73 Å². The normalized spacial score (nSPS) is 22.6. The molecule has 20 heavy (non-hydrogen) atoms. The number of carbonyl (C=O) groups excluding carboxylic acids is 1. The van der Waals surface area contributed by atoms with Crippen LogP contribution in [0.2, 0.25) is 0 Å². The Balaban J connectivity index is 2.07. The van der Waals surface area contributed by atoms with Crippen molar-refractivity contribution in [1.82, 2.24) is 4.90 Å². The number of carbonyl (C=O) groups is 1. The van der Waals surface area contributed by atoms with Gasteiger partial charge in [0.05, 0.1) is 11.3 Å². The molecule has 2 N–H and O–H groups in total. The minimum atomic E-state index is -0.447. The topological polar surface area (TPSA) is 89.5 Å². The molecule has 6 heteroatoms. The van der Waals surface area contributed by atoms with Crippen LogP contribution in [0.3, 0.4) is 0 Å². The molecule has 1 aliphatic heterocycles. The zero-order valence-electron chi connectivity index (χ0n) is 11.5. The first-order valence-electron chi connectivity index (χ1n) is 6.74. The van der Waals surface area contributed by atoms with E-state index in [1.165, 1.54) is 6.07 Å². The van der Waals surface area contributed by atoms with Crippen LogP contribution in [0.15, 0.2) is 24.3 Å². The first-order chi connectivity index (χ1) is 9.49. The Morgan fingerprint density at radius 1 is 1.50 bits per heavy atom. The molecule has 1 fully saturated rings. The largest absolute Gasteiger partial charge is 0.342 e. The molecule has 2 unspecified atom stereocenters. The highest BCUT2D eigenvalue weighted by Crippen LogP contribution is 2.21. The minimum Gasteiger partial charge on any atom is -0.342 e. The van der Waals surface area contributed by atoms with Crippen molar-refractivity contribution in [2.24, 2.45) is 11.7 Å². The van der Waals surface area contributed by atoms with Gasteiger partial charge in [0.1, 0.15) is 0 Å². The molecule has 2 rings (SSSR count). The number of hydrogen-bond acceptors (Lipinski definition) is 4. The summed E-state index contributed by atoms with van der Waals surface area (Å²) in [5.41, 5.74) is 6.40. The third-order valence-electron chi connectivity index (χ3n) is 3.85. The molecule has 0 aromatic heterocycles. The lowest BCUT2D eigenvalue weighted by Gasteiger charge is -2.35. The van der Waals surface area contributed by atoms with Gasteiger partial charge in [0.2, 0.25) is 5.91 Å². The van der Waals surface area contributed by atoms with Crippen molar-refractivity contribution >= 4 is 11.6 Å². The molecule has 108 valence electrons. The minimum absolute atomic E-state index is 0.00242. The summed E-state index contributed by atoms with van der Waals surface area (Å²) in [5, 5.41) is 10.9. The third kappa shape index (κ3) is 3.14. The lowest BCUT2D eigenvalue weighted by atomic mass is 9.94. The quantitative estimate of drug-likeness (QED) is 0.666. The number of nitrogens with two attached hydrogens (primary N) is 1. The maximum atomic E-state index is 12.3. The van der Waals surface area contributed by atoms with E-state index < -0.39 is 4.92 Å². The molecule has 0 bridgehead atoms. The molecule has 6 nitrogen and oxygen atoms in total. The van der Waals surface area contributed by atoms with E-state index in [0.717, 1.165) is 6.42 Å². The molecule has 0 saturated carbocycles. The van der Waals surface area contributed by atoms with Crippen LogP contribution in [0.5, 0.6) is 0 Å². The van der Waals surface area contributed by atoms with Crippen LogP contribution in [0.1, 0.15) is 18.9 Å². The van der Waals surface area contributed by atoms with Gasteiger partial charge in [-0.3, -0.25) is 14.9 Å². The van der Waals surface area contributed by atoms with Crippen molar-refractivity contribution in [3.05, 3.63) is 39.9 Å². The van der Waals surface area contributed by atoms with Crippen molar-refractivity contribution in [2.45, 2.75) is 25.8 Å². The average molecular weight is 277 g/mol. The molecule has 1 heterocycles. The Morgan fingerprint density at radius 2 is 2.20 bits per heavy atom. The van der Waals surface area contributed by atoms with E-state index in [9.17, 15) is 14.9 Å². The molecular weight excluding hydrogens is 258 g/mol. The van der Waals surface area contributed by atoms with Crippen molar-refractivity contribution < 1.29 is 9.72 Å². The smallest absolute Gasteiger partial charge is 0.273 e. The fraction of sp³-hybridized carbons (Fsp3) is 0.500. The van der Waals surface area contributed by atoms with Crippen LogP contribution < -0.4 is 5.73 Å². The van der Waals surface area contributed by atoms with Crippen LogP contribution in [-0.4, -0.2) is 34.9 Å². The van der Waals surface area contributed by atoms with Gasteiger partial charge in [-0.25, -0.2) is 0 Å². The Kier molecular flexibility index (Phi) is 4.34. The van der Waals surface area contributed by atoms with E-state index >= 15 is 0 Å². The number of nitrogens with zero attached hydrogens (tertiary/aromatic N) is 2. The van der Waals surface area contributed by atoms with E-state index in [1.807, 2.05) is 6.92 Å². The lowest BCUT2D eigenvalue weighted by molar-refractivity contribution is -0.385. The van der Waals surface area contributed by atoms with Gasteiger partial charge < -0.3 is 10.6 Å². The van der Waals surface area contributed by atoms with E-state index in [0.29, 0.717) is 18.7 Å². The second-order valence-electron chi connectivity index (χ2n) is 5.33. The number of piperidine rings is 1. The van der Waals surface area contributed by atoms with Crippen LogP contribution in [0, 0.1) is 16.0 Å². The number of benzene rings is 1. The van der Waals surface area contributed by atoms with Crippen molar-refractivity contribution in [2.75, 3.05) is 13.1 Å². The molecule has 0 spiro atoms. The maximum Gasteiger partial charge on any atom is 0.273 e. The van der Waals surface area contributed by atoms with E-state index in [2.05, 4.69) is 0 Å². The second kappa shape index (κ2) is 6.00. The zero-order valence-corrected chi connectivity index (χ0v) is 11.5. The molecule has 1 aliphatic rings. The summed E-state index contributed by atoms with van der Waals surface area (Å²) in [7, 11) is 0. The third-order valence-corrected chi connectivity index (χ3v) is 3.85. The highest BCUT2D eigenvalue weighted by Gasteiger charge is 2.27. The number of rotatable bonds is 3. The predicted molar refractivity (Wildman–Crippen MR) is 75.1 cm³/mol. The van der Waals surface area contributed by atoms with Gasteiger partial charge >= 0.3 is 0 Å². The van der Waals surface area contributed by atoms with Crippen LogP contribution in [0.25, 0.3) is 0 Å². The molecule has 2 atom stereocenters. The van der Waals surface area contributed by atoms with E-state index in [1.54, 1.807) is 23.1 Å². The lowest BCUT2D eigenvalue weighted by Crippen LogP contribution is -2.48. The van der Waals surface area contributed by atoms with Gasteiger partial charge in [-0.2, -0.15) is 0 Å². The van der Waals surface area contributed by atoms with Crippen molar-refractivity contribution in [1.29, 1.82) is 0 Å². The van der Waals surface area contributed by atoms with Gasteiger partial charge in [-0.05, 0) is 12.3 Å². The Labute approximate surface area is 117 Å². The van der Waals surface area contributed by atoms with Crippen LogP contribution in [-0.2, 0) is 11.2 Å². The van der Waals surface area contributed by atoms with Gasteiger partial charge in [-0.1, -0.05) is 25.1 Å². The fourth-order valence-electron chi connectivity index (χ4n) is 2.50. The van der Waals surface area contributed by atoms with Gasteiger partial charge in [-0.15, -0.1) is 0 Å². The second-order valence-corrected chi connectivity index (χ2v) is 5.33. The monoisotopic (exact) mass is 277 g/mol. The summed E-state index contributed by atoms with van der Waals surface area (Å²) in [5.74, 6) is 0.191. The summed E-state index contributed by atoms with van der Waals surface area (Å²) >= 11 is 0. The van der Waals surface area contributed by atoms with Gasteiger partial charge in [0.25, 0.3) is 5.69 Å². The number of para-hydroxylation sites is 1. The highest BCUT2D eigenvalue weighted by molar-refractivity contribution is 5.80. The maximum absolute atomic E-state index is 12.3. The summed E-state index contributed by atoms with van der Waals surface area (Å²) in [6.45, 7) is 3.28. The van der Waals surface area contributed by atoms with E-state index in [-0.39, 0.29) is 30.0 Å². The fourth-order valence-corrected chi connectivity index (χ4v) is 2.50. The van der Waals surface area contributed by atoms with Gasteiger partial charge in [0.15, 0.2) is 0 Å². The highest BCUT2D eigenvalue weighted by atomic mass is 16.6.